The maximum Gasteiger partial charge on any atom is 0.263 e. The number of amides is 1. The molecule has 1 fully saturated rings. The van der Waals surface area contributed by atoms with Crippen molar-refractivity contribution in [1.29, 1.82) is 0 Å². The van der Waals surface area contributed by atoms with Gasteiger partial charge in [0.15, 0.2) is 6.10 Å². The van der Waals surface area contributed by atoms with Gasteiger partial charge >= 0.3 is 0 Å². The quantitative estimate of drug-likeness (QED) is 0.925. The van der Waals surface area contributed by atoms with Crippen LogP contribution in [0.2, 0.25) is 0 Å². The molecule has 2 rings (SSSR count). The van der Waals surface area contributed by atoms with Gasteiger partial charge in [-0.25, -0.2) is 0 Å². The van der Waals surface area contributed by atoms with Gasteiger partial charge in [0.05, 0.1) is 4.47 Å². The Kier molecular flexibility index (Phi) is 4.47. The van der Waals surface area contributed by atoms with E-state index in [0.29, 0.717) is 12.3 Å². The van der Waals surface area contributed by atoms with Crippen LogP contribution in [0.25, 0.3) is 0 Å². The molecular formula is C14H19BrN2O2. The van der Waals surface area contributed by atoms with E-state index in [9.17, 15) is 4.79 Å². The van der Waals surface area contributed by atoms with Crippen LogP contribution in [0.1, 0.15) is 18.9 Å². The second-order valence-electron chi connectivity index (χ2n) is 5.03. The molecule has 5 heteroatoms. The molecular weight excluding hydrogens is 308 g/mol. The third kappa shape index (κ3) is 3.48. The number of carbonyl (C=O) groups excluding carboxylic acids is 1. The number of carbonyl (C=O) groups is 1. The summed E-state index contributed by atoms with van der Waals surface area (Å²) in [5.74, 6) is 0.690. The molecule has 1 heterocycles. The smallest absolute Gasteiger partial charge is 0.263 e. The number of hydrogen-bond donors (Lipinski definition) is 1. The lowest BCUT2D eigenvalue weighted by atomic mass is 10.2. The molecule has 104 valence electrons. The highest BCUT2D eigenvalue weighted by molar-refractivity contribution is 9.10. The van der Waals surface area contributed by atoms with Gasteiger partial charge in [-0.05, 0) is 53.9 Å². The Labute approximate surface area is 122 Å². The first-order chi connectivity index (χ1) is 8.97. The fourth-order valence-corrected chi connectivity index (χ4v) is 2.77. The topological polar surface area (TPSA) is 55.6 Å². The molecule has 1 aliphatic rings. The van der Waals surface area contributed by atoms with Gasteiger partial charge in [0, 0.05) is 19.1 Å². The number of benzene rings is 1. The largest absolute Gasteiger partial charge is 0.480 e. The van der Waals surface area contributed by atoms with E-state index in [1.54, 1.807) is 11.8 Å². The zero-order valence-electron chi connectivity index (χ0n) is 11.2. The lowest BCUT2D eigenvalue weighted by Gasteiger charge is -2.22. The van der Waals surface area contributed by atoms with Crippen molar-refractivity contribution in [2.24, 2.45) is 5.73 Å². The first kappa shape index (κ1) is 14.3. The van der Waals surface area contributed by atoms with Crippen molar-refractivity contribution in [1.82, 2.24) is 4.90 Å². The molecule has 0 saturated carbocycles. The standard InChI is InChI=1S/C14H19BrN2O2/c1-9-3-4-13(12(15)7-9)19-10(2)14(18)17-6-5-11(16)8-17/h3-4,7,10-11H,5-6,8,16H2,1-2H3/t10?,11-/m0/s1. The van der Waals surface area contributed by atoms with Crippen LogP contribution in [0.5, 0.6) is 5.75 Å². The van der Waals surface area contributed by atoms with E-state index in [2.05, 4.69) is 15.9 Å². The zero-order chi connectivity index (χ0) is 14.0. The highest BCUT2D eigenvalue weighted by Crippen LogP contribution is 2.27. The van der Waals surface area contributed by atoms with Crippen molar-refractivity contribution in [3.8, 4) is 5.75 Å². The predicted molar refractivity (Wildman–Crippen MR) is 78.1 cm³/mol. The third-order valence-corrected chi connectivity index (χ3v) is 3.89. The van der Waals surface area contributed by atoms with Crippen LogP contribution in [0, 0.1) is 6.92 Å². The molecule has 1 aliphatic heterocycles. The number of nitrogens with zero attached hydrogens (tertiary/aromatic N) is 1. The second-order valence-corrected chi connectivity index (χ2v) is 5.88. The van der Waals surface area contributed by atoms with Crippen molar-refractivity contribution in [2.75, 3.05) is 13.1 Å². The Bertz CT molecular complexity index is 479. The van der Waals surface area contributed by atoms with E-state index in [4.69, 9.17) is 10.5 Å². The summed E-state index contributed by atoms with van der Waals surface area (Å²) in [6.07, 6.45) is 0.372. The average Bonchev–Trinajstić information content (AvgIpc) is 2.78. The average molecular weight is 327 g/mol. The zero-order valence-corrected chi connectivity index (χ0v) is 12.8. The van der Waals surface area contributed by atoms with Crippen LogP contribution in [-0.2, 0) is 4.79 Å². The number of hydrogen-bond acceptors (Lipinski definition) is 3. The van der Waals surface area contributed by atoms with Gasteiger partial charge in [-0.15, -0.1) is 0 Å². The van der Waals surface area contributed by atoms with Gasteiger partial charge in [-0.1, -0.05) is 6.07 Å². The normalized spacial score (nSPS) is 20.4. The minimum atomic E-state index is -0.496. The number of rotatable bonds is 3. The van der Waals surface area contributed by atoms with Gasteiger partial charge in [0.2, 0.25) is 0 Å². The SMILES string of the molecule is Cc1ccc(OC(C)C(=O)N2CC[C@H](N)C2)c(Br)c1. The molecule has 0 bridgehead atoms. The van der Waals surface area contributed by atoms with Crippen LogP contribution in [-0.4, -0.2) is 36.0 Å². The molecule has 1 aromatic rings. The molecule has 1 amide bonds. The van der Waals surface area contributed by atoms with Crippen LogP contribution in [0.3, 0.4) is 0 Å². The molecule has 1 aromatic carbocycles. The summed E-state index contributed by atoms with van der Waals surface area (Å²) < 4.78 is 6.60. The molecule has 19 heavy (non-hydrogen) atoms. The summed E-state index contributed by atoms with van der Waals surface area (Å²) in [6, 6.07) is 5.91. The first-order valence-electron chi connectivity index (χ1n) is 6.44. The van der Waals surface area contributed by atoms with Crippen LogP contribution >= 0.6 is 15.9 Å². The van der Waals surface area contributed by atoms with E-state index in [-0.39, 0.29) is 11.9 Å². The predicted octanol–water partition coefficient (Wildman–Crippen LogP) is 2.08. The van der Waals surface area contributed by atoms with E-state index >= 15 is 0 Å². The number of ether oxygens (including phenoxy) is 1. The highest BCUT2D eigenvalue weighted by Gasteiger charge is 2.28. The molecule has 2 atom stereocenters. The van der Waals surface area contributed by atoms with Crippen molar-refractivity contribution in [3.63, 3.8) is 0 Å². The lowest BCUT2D eigenvalue weighted by Crippen LogP contribution is -2.40. The first-order valence-corrected chi connectivity index (χ1v) is 7.24. The summed E-state index contributed by atoms with van der Waals surface area (Å²) in [4.78, 5) is 14.0. The number of likely N-dealkylation sites (tertiary alicyclic amines) is 1. The fourth-order valence-electron chi connectivity index (χ4n) is 2.19. The van der Waals surface area contributed by atoms with Crippen LogP contribution in [0.4, 0.5) is 0 Å². The van der Waals surface area contributed by atoms with Gasteiger partial charge < -0.3 is 15.4 Å². The highest BCUT2D eigenvalue weighted by atomic mass is 79.9. The Morgan fingerprint density at radius 3 is 2.89 bits per heavy atom. The molecule has 4 nitrogen and oxygen atoms in total. The Hall–Kier alpha value is -1.07. The van der Waals surface area contributed by atoms with E-state index in [1.807, 2.05) is 25.1 Å². The second kappa shape index (κ2) is 5.92. The van der Waals surface area contributed by atoms with E-state index in [1.165, 1.54) is 0 Å². The summed E-state index contributed by atoms with van der Waals surface area (Å²) in [6.45, 7) is 5.14. The Morgan fingerprint density at radius 1 is 1.58 bits per heavy atom. The Morgan fingerprint density at radius 2 is 2.32 bits per heavy atom. The van der Waals surface area contributed by atoms with E-state index in [0.717, 1.165) is 23.0 Å². The summed E-state index contributed by atoms with van der Waals surface area (Å²) >= 11 is 3.45. The third-order valence-electron chi connectivity index (χ3n) is 3.28. The Balaban J connectivity index is 2.00. The van der Waals surface area contributed by atoms with Gasteiger partial charge in [0.1, 0.15) is 5.75 Å². The minimum Gasteiger partial charge on any atom is -0.480 e. The van der Waals surface area contributed by atoms with Crippen molar-refractivity contribution < 1.29 is 9.53 Å². The lowest BCUT2D eigenvalue weighted by molar-refractivity contribution is -0.136. The number of halogens is 1. The van der Waals surface area contributed by atoms with E-state index < -0.39 is 6.10 Å². The maximum absolute atomic E-state index is 12.2. The van der Waals surface area contributed by atoms with Crippen molar-refractivity contribution in [3.05, 3.63) is 28.2 Å². The van der Waals surface area contributed by atoms with Crippen molar-refractivity contribution in [2.45, 2.75) is 32.4 Å². The molecule has 0 aliphatic carbocycles. The molecule has 0 aromatic heterocycles. The number of nitrogens with two attached hydrogens (primary N) is 1. The van der Waals surface area contributed by atoms with Crippen molar-refractivity contribution >= 4 is 21.8 Å². The van der Waals surface area contributed by atoms with Gasteiger partial charge in [-0.2, -0.15) is 0 Å². The van der Waals surface area contributed by atoms with Crippen LogP contribution < -0.4 is 10.5 Å². The monoisotopic (exact) mass is 326 g/mol. The van der Waals surface area contributed by atoms with Gasteiger partial charge in [0.25, 0.3) is 5.91 Å². The maximum atomic E-state index is 12.2. The summed E-state index contributed by atoms with van der Waals surface area (Å²) in [7, 11) is 0. The summed E-state index contributed by atoms with van der Waals surface area (Å²) in [5, 5.41) is 0. The molecule has 2 N–H and O–H groups in total. The minimum absolute atomic E-state index is 0.000394. The molecule has 1 saturated heterocycles. The van der Waals surface area contributed by atoms with Gasteiger partial charge in [-0.3, -0.25) is 4.79 Å². The molecule has 0 spiro atoms. The van der Waals surface area contributed by atoms with Crippen LogP contribution in [0.15, 0.2) is 22.7 Å². The number of aryl methyl sites for hydroxylation is 1. The molecule has 1 unspecified atom stereocenters. The summed E-state index contributed by atoms with van der Waals surface area (Å²) in [5.41, 5.74) is 6.96. The fraction of sp³-hybridized carbons (Fsp3) is 0.500. The molecule has 0 radical (unpaired) electrons.